The lowest BCUT2D eigenvalue weighted by molar-refractivity contribution is 0.0574. The molecular weight excluding hydrogens is 268 g/mol. The van der Waals surface area contributed by atoms with Crippen molar-refractivity contribution >= 4 is 28.8 Å². The summed E-state index contributed by atoms with van der Waals surface area (Å²) in [5.41, 5.74) is 0.897. The molecule has 6 heteroatoms. The van der Waals surface area contributed by atoms with Crippen LogP contribution in [0.3, 0.4) is 0 Å². The SMILES string of the molecule is CCc1ccsc1C(=O)N(CCCl)CC(F)F. The Labute approximate surface area is 108 Å². The molecule has 1 heterocycles. The van der Waals surface area contributed by atoms with E-state index in [2.05, 4.69) is 0 Å². The Hall–Kier alpha value is -0.680. The first kappa shape index (κ1) is 14.4. The van der Waals surface area contributed by atoms with Crippen LogP contribution in [0, 0.1) is 0 Å². The third kappa shape index (κ3) is 3.92. The maximum absolute atomic E-state index is 12.4. The molecule has 0 atom stereocenters. The second-order valence-corrected chi connectivity index (χ2v) is 4.75. The Morgan fingerprint density at radius 1 is 1.59 bits per heavy atom. The zero-order chi connectivity index (χ0) is 12.8. The number of aryl methyl sites for hydroxylation is 1. The fourth-order valence-electron chi connectivity index (χ4n) is 1.49. The normalized spacial score (nSPS) is 10.9. The summed E-state index contributed by atoms with van der Waals surface area (Å²) in [4.78, 5) is 13.7. The highest BCUT2D eigenvalue weighted by molar-refractivity contribution is 7.12. The van der Waals surface area contributed by atoms with E-state index in [0.717, 1.165) is 10.5 Å². The summed E-state index contributed by atoms with van der Waals surface area (Å²) in [5.74, 6) is -0.191. The maximum atomic E-state index is 12.4. The molecule has 0 N–H and O–H groups in total. The van der Waals surface area contributed by atoms with E-state index in [9.17, 15) is 13.6 Å². The van der Waals surface area contributed by atoms with Gasteiger partial charge in [-0.3, -0.25) is 4.79 Å². The molecule has 0 aromatic carbocycles. The van der Waals surface area contributed by atoms with E-state index in [1.54, 1.807) is 5.38 Å². The monoisotopic (exact) mass is 281 g/mol. The van der Waals surface area contributed by atoms with Crippen LogP contribution in [0.15, 0.2) is 11.4 Å². The number of rotatable bonds is 6. The molecule has 0 aliphatic carbocycles. The van der Waals surface area contributed by atoms with Crippen molar-refractivity contribution in [3.8, 4) is 0 Å². The molecule has 0 spiro atoms. The Bertz CT molecular complexity index is 370. The Balaban J connectivity index is 2.83. The van der Waals surface area contributed by atoms with Gasteiger partial charge in [0.1, 0.15) is 0 Å². The third-order valence-electron chi connectivity index (χ3n) is 2.32. The fraction of sp³-hybridized carbons (Fsp3) is 0.545. The van der Waals surface area contributed by atoms with Crippen LogP contribution >= 0.6 is 22.9 Å². The lowest BCUT2D eigenvalue weighted by atomic mass is 10.2. The Morgan fingerprint density at radius 3 is 2.82 bits per heavy atom. The first-order chi connectivity index (χ1) is 8.10. The molecule has 1 aromatic heterocycles. The molecule has 0 saturated carbocycles. The highest BCUT2D eigenvalue weighted by atomic mass is 35.5. The molecule has 0 saturated heterocycles. The van der Waals surface area contributed by atoms with Gasteiger partial charge in [0, 0.05) is 12.4 Å². The van der Waals surface area contributed by atoms with Crippen molar-refractivity contribution in [3.05, 3.63) is 21.9 Å². The van der Waals surface area contributed by atoms with E-state index in [-0.39, 0.29) is 18.3 Å². The molecule has 1 aromatic rings. The van der Waals surface area contributed by atoms with Gasteiger partial charge in [-0.25, -0.2) is 8.78 Å². The van der Waals surface area contributed by atoms with Gasteiger partial charge >= 0.3 is 0 Å². The molecule has 0 aliphatic rings. The van der Waals surface area contributed by atoms with Crippen molar-refractivity contribution in [1.29, 1.82) is 0 Å². The van der Waals surface area contributed by atoms with Crippen LogP contribution < -0.4 is 0 Å². The highest BCUT2D eigenvalue weighted by Crippen LogP contribution is 2.20. The van der Waals surface area contributed by atoms with Crippen molar-refractivity contribution < 1.29 is 13.6 Å². The van der Waals surface area contributed by atoms with Crippen molar-refractivity contribution in [2.24, 2.45) is 0 Å². The first-order valence-electron chi connectivity index (χ1n) is 5.29. The largest absolute Gasteiger partial charge is 0.331 e. The summed E-state index contributed by atoms with van der Waals surface area (Å²) in [6.45, 7) is 1.51. The zero-order valence-electron chi connectivity index (χ0n) is 9.46. The van der Waals surface area contributed by atoms with Gasteiger partial charge in [-0.2, -0.15) is 0 Å². The fourth-order valence-corrected chi connectivity index (χ4v) is 2.66. The van der Waals surface area contributed by atoms with E-state index in [1.807, 2.05) is 13.0 Å². The highest BCUT2D eigenvalue weighted by Gasteiger charge is 2.22. The Morgan fingerprint density at radius 2 is 2.29 bits per heavy atom. The van der Waals surface area contributed by atoms with Crippen LogP contribution in [-0.2, 0) is 6.42 Å². The second kappa shape index (κ2) is 6.91. The van der Waals surface area contributed by atoms with Crippen LogP contribution in [0.1, 0.15) is 22.2 Å². The van der Waals surface area contributed by atoms with E-state index in [1.165, 1.54) is 11.3 Å². The number of halogens is 3. The van der Waals surface area contributed by atoms with Gasteiger partial charge < -0.3 is 4.90 Å². The number of alkyl halides is 3. The zero-order valence-corrected chi connectivity index (χ0v) is 11.0. The summed E-state index contributed by atoms with van der Waals surface area (Å²) in [7, 11) is 0. The van der Waals surface area contributed by atoms with Crippen LogP contribution in [0.5, 0.6) is 0 Å². The number of hydrogen-bond acceptors (Lipinski definition) is 2. The Kier molecular flexibility index (Phi) is 5.85. The van der Waals surface area contributed by atoms with Gasteiger partial charge in [0.2, 0.25) is 0 Å². The minimum absolute atomic E-state index is 0.145. The van der Waals surface area contributed by atoms with Crippen molar-refractivity contribution in [3.63, 3.8) is 0 Å². The molecule has 0 radical (unpaired) electrons. The minimum atomic E-state index is -2.53. The van der Waals surface area contributed by atoms with Crippen LogP contribution in [0.4, 0.5) is 8.78 Å². The second-order valence-electron chi connectivity index (χ2n) is 3.46. The average molecular weight is 282 g/mol. The van der Waals surface area contributed by atoms with Gasteiger partial charge in [0.05, 0.1) is 11.4 Å². The smallest absolute Gasteiger partial charge is 0.264 e. The predicted octanol–water partition coefficient (Wildman–Crippen LogP) is 3.26. The summed E-state index contributed by atoms with van der Waals surface area (Å²) in [5, 5.41) is 1.80. The molecular formula is C11H14ClF2NOS. The number of hydrogen-bond donors (Lipinski definition) is 0. The predicted molar refractivity (Wildman–Crippen MR) is 66.3 cm³/mol. The molecule has 2 nitrogen and oxygen atoms in total. The number of carbonyl (C=O) groups is 1. The summed E-state index contributed by atoms with van der Waals surface area (Å²) in [6.07, 6.45) is -1.82. The third-order valence-corrected chi connectivity index (χ3v) is 3.44. The van der Waals surface area contributed by atoms with Gasteiger partial charge in [-0.1, -0.05) is 6.92 Å². The van der Waals surface area contributed by atoms with Crippen LogP contribution in [0.2, 0.25) is 0 Å². The average Bonchev–Trinajstić information content (AvgIpc) is 2.74. The summed E-state index contributed by atoms with van der Waals surface area (Å²) < 4.78 is 24.7. The lowest BCUT2D eigenvalue weighted by Gasteiger charge is -2.21. The van der Waals surface area contributed by atoms with E-state index in [0.29, 0.717) is 11.3 Å². The van der Waals surface area contributed by atoms with Crippen molar-refractivity contribution in [2.45, 2.75) is 19.8 Å². The van der Waals surface area contributed by atoms with Gasteiger partial charge in [-0.15, -0.1) is 22.9 Å². The van der Waals surface area contributed by atoms with E-state index >= 15 is 0 Å². The molecule has 0 unspecified atom stereocenters. The number of nitrogens with zero attached hydrogens (tertiary/aromatic N) is 1. The molecule has 0 fully saturated rings. The minimum Gasteiger partial charge on any atom is -0.331 e. The molecule has 0 bridgehead atoms. The molecule has 17 heavy (non-hydrogen) atoms. The topological polar surface area (TPSA) is 20.3 Å². The van der Waals surface area contributed by atoms with Gasteiger partial charge in [-0.05, 0) is 23.4 Å². The number of amides is 1. The van der Waals surface area contributed by atoms with Gasteiger partial charge in [0.15, 0.2) is 0 Å². The van der Waals surface area contributed by atoms with Crippen LogP contribution in [-0.4, -0.2) is 36.2 Å². The molecule has 0 aliphatic heterocycles. The quantitative estimate of drug-likeness (QED) is 0.733. The van der Waals surface area contributed by atoms with Crippen molar-refractivity contribution in [1.82, 2.24) is 4.90 Å². The number of thiophene rings is 1. The maximum Gasteiger partial charge on any atom is 0.264 e. The van der Waals surface area contributed by atoms with Crippen molar-refractivity contribution in [2.75, 3.05) is 19.0 Å². The van der Waals surface area contributed by atoms with Gasteiger partial charge in [0.25, 0.3) is 12.3 Å². The molecule has 1 amide bonds. The van der Waals surface area contributed by atoms with E-state index < -0.39 is 13.0 Å². The summed E-state index contributed by atoms with van der Waals surface area (Å²) in [6, 6.07) is 1.85. The lowest BCUT2D eigenvalue weighted by Crippen LogP contribution is -2.36. The summed E-state index contributed by atoms with van der Waals surface area (Å²) >= 11 is 6.81. The standard InChI is InChI=1S/C11H14ClF2NOS/c1-2-8-3-6-17-10(8)11(16)15(5-4-12)7-9(13)14/h3,6,9H,2,4-5,7H2,1H3. The number of carbonyl (C=O) groups excluding carboxylic acids is 1. The van der Waals surface area contributed by atoms with E-state index in [4.69, 9.17) is 11.6 Å². The van der Waals surface area contributed by atoms with Crippen LogP contribution in [0.25, 0.3) is 0 Å². The molecule has 1 rings (SSSR count). The first-order valence-corrected chi connectivity index (χ1v) is 6.71. The molecule has 96 valence electrons.